The molecule has 0 bridgehead atoms. The molecule has 6 nitrogen and oxygen atoms in total. The van der Waals surface area contributed by atoms with E-state index in [-0.39, 0.29) is 22.6 Å². The van der Waals surface area contributed by atoms with Crippen LogP contribution in [0.25, 0.3) is 0 Å². The van der Waals surface area contributed by atoms with Gasteiger partial charge in [-0.3, -0.25) is 9.10 Å². The first kappa shape index (κ1) is 28.8. The van der Waals surface area contributed by atoms with Crippen LogP contribution in [0.15, 0.2) is 107 Å². The molecule has 0 unspecified atom stereocenters. The first-order chi connectivity index (χ1) is 19.0. The highest BCUT2D eigenvalue weighted by Gasteiger charge is 2.32. The molecule has 0 aliphatic heterocycles. The monoisotopic (exact) mass is 585 g/mol. The summed E-state index contributed by atoms with van der Waals surface area (Å²) in [4.78, 5) is 12.6. The summed E-state index contributed by atoms with van der Waals surface area (Å²) < 4.78 is 68.0. The van der Waals surface area contributed by atoms with E-state index in [1.807, 2.05) is 0 Å². The van der Waals surface area contributed by atoms with Crippen molar-refractivity contribution in [2.75, 3.05) is 4.31 Å². The minimum absolute atomic E-state index is 0.0489. The normalized spacial score (nSPS) is 11.9. The summed E-state index contributed by atoms with van der Waals surface area (Å²) in [6.07, 6.45) is -3.64. The molecule has 11 heteroatoms. The van der Waals surface area contributed by atoms with Gasteiger partial charge < -0.3 is 0 Å². The van der Waals surface area contributed by atoms with Crippen molar-refractivity contribution < 1.29 is 26.4 Å². The molecular formula is C29H23ClF3N3O3S. The van der Waals surface area contributed by atoms with Crippen molar-refractivity contribution in [1.82, 2.24) is 5.43 Å². The lowest BCUT2D eigenvalue weighted by molar-refractivity contribution is -0.137. The molecule has 0 saturated carbocycles. The Hall–Kier alpha value is -4.15. The second kappa shape index (κ2) is 11.9. The van der Waals surface area contributed by atoms with Crippen molar-refractivity contribution in [3.8, 4) is 0 Å². The highest BCUT2D eigenvalue weighted by Crippen LogP contribution is 2.32. The Bertz CT molecular complexity index is 1640. The lowest BCUT2D eigenvalue weighted by atomic mass is 10.1. The summed E-state index contributed by atoms with van der Waals surface area (Å²) in [6.45, 7) is 1.73. The summed E-state index contributed by atoms with van der Waals surface area (Å²) in [6, 6.07) is 24.0. The third-order valence-electron chi connectivity index (χ3n) is 5.95. The number of alkyl halides is 3. The van der Waals surface area contributed by atoms with Gasteiger partial charge in [-0.05, 0) is 60.5 Å². The summed E-state index contributed by atoms with van der Waals surface area (Å²) in [5, 5.41) is 4.04. The topological polar surface area (TPSA) is 78.8 Å². The standard InChI is InChI=1S/C29H23ClF3N3O3S/c1-20-11-16-24(30)17-27(20)36(40(38,39)25-8-3-2-4-9-25)19-21-12-14-22(15-13-21)28(37)35-34-18-23-7-5-6-10-26(23)29(31,32)33/h2-18H,19H2,1H3,(H,35,37). The van der Waals surface area contributed by atoms with Crippen LogP contribution >= 0.6 is 11.6 Å². The van der Waals surface area contributed by atoms with Crippen LogP contribution in [0.5, 0.6) is 0 Å². The number of hydrogen-bond acceptors (Lipinski definition) is 4. The molecule has 0 atom stereocenters. The van der Waals surface area contributed by atoms with E-state index in [1.165, 1.54) is 46.8 Å². The van der Waals surface area contributed by atoms with Gasteiger partial charge in [0, 0.05) is 16.1 Å². The highest BCUT2D eigenvalue weighted by molar-refractivity contribution is 7.92. The maximum Gasteiger partial charge on any atom is 0.417 e. The summed E-state index contributed by atoms with van der Waals surface area (Å²) in [5.41, 5.74) is 3.02. The molecule has 0 aromatic heterocycles. The van der Waals surface area contributed by atoms with Crippen molar-refractivity contribution in [2.24, 2.45) is 5.10 Å². The van der Waals surface area contributed by atoms with Gasteiger partial charge in [0.1, 0.15) is 0 Å². The third-order valence-corrected chi connectivity index (χ3v) is 7.96. The number of carbonyl (C=O) groups is 1. The Morgan fingerprint density at radius 1 is 0.950 bits per heavy atom. The summed E-state index contributed by atoms with van der Waals surface area (Å²) in [7, 11) is -3.97. The van der Waals surface area contributed by atoms with Gasteiger partial charge in [-0.25, -0.2) is 13.8 Å². The van der Waals surface area contributed by atoms with Crippen molar-refractivity contribution in [1.29, 1.82) is 0 Å². The predicted molar refractivity (Wildman–Crippen MR) is 149 cm³/mol. The van der Waals surface area contributed by atoms with Crippen LogP contribution in [0.4, 0.5) is 18.9 Å². The fourth-order valence-electron chi connectivity index (χ4n) is 3.89. The maximum absolute atomic E-state index is 13.6. The molecule has 0 heterocycles. The van der Waals surface area contributed by atoms with E-state index in [2.05, 4.69) is 10.5 Å². The van der Waals surface area contributed by atoms with Crippen LogP contribution in [0.2, 0.25) is 5.02 Å². The molecule has 0 fully saturated rings. The van der Waals surface area contributed by atoms with Crippen molar-refractivity contribution in [3.05, 3.63) is 130 Å². The number of anilines is 1. The van der Waals surface area contributed by atoms with E-state index in [0.717, 1.165) is 12.3 Å². The Kier molecular flexibility index (Phi) is 8.61. The molecule has 4 aromatic carbocycles. The predicted octanol–water partition coefficient (Wildman–Crippen LogP) is 6.83. The van der Waals surface area contributed by atoms with E-state index in [0.29, 0.717) is 21.8 Å². The molecule has 1 amide bonds. The third kappa shape index (κ3) is 6.70. The first-order valence-electron chi connectivity index (χ1n) is 11.9. The zero-order valence-electron chi connectivity index (χ0n) is 21.1. The van der Waals surface area contributed by atoms with Gasteiger partial charge in [-0.1, -0.05) is 66.2 Å². The highest BCUT2D eigenvalue weighted by atomic mass is 35.5. The quantitative estimate of drug-likeness (QED) is 0.182. The van der Waals surface area contributed by atoms with Crippen LogP contribution in [-0.2, 0) is 22.7 Å². The molecule has 4 rings (SSSR count). The molecule has 40 heavy (non-hydrogen) atoms. The second-order valence-electron chi connectivity index (χ2n) is 8.74. The largest absolute Gasteiger partial charge is 0.417 e. The fourth-order valence-corrected chi connectivity index (χ4v) is 5.59. The zero-order valence-corrected chi connectivity index (χ0v) is 22.6. The van der Waals surface area contributed by atoms with Gasteiger partial charge >= 0.3 is 6.18 Å². The second-order valence-corrected chi connectivity index (χ2v) is 11.0. The SMILES string of the molecule is Cc1ccc(Cl)cc1N(Cc1ccc(C(=O)NN=Cc2ccccc2C(F)(F)F)cc1)S(=O)(=O)c1ccccc1. The van der Waals surface area contributed by atoms with Crippen molar-refractivity contribution in [3.63, 3.8) is 0 Å². The minimum atomic E-state index is -4.56. The molecule has 0 aliphatic carbocycles. The first-order valence-corrected chi connectivity index (χ1v) is 13.7. The average molecular weight is 586 g/mol. The van der Waals surface area contributed by atoms with E-state index in [9.17, 15) is 26.4 Å². The van der Waals surface area contributed by atoms with Crippen LogP contribution in [-0.4, -0.2) is 20.5 Å². The molecule has 0 spiro atoms. The Morgan fingerprint density at radius 3 is 2.27 bits per heavy atom. The minimum Gasteiger partial charge on any atom is -0.267 e. The average Bonchev–Trinajstić information content (AvgIpc) is 2.93. The molecule has 0 saturated heterocycles. The summed E-state index contributed by atoms with van der Waals surface area (Å²) >= 11 is 6.19. The number of hydrazone groups is 1. The molecule has 4 aromatic rings. The number of aryl methyl sites for hydroxylation is 1. The number of nitrogens with zero attached hydrogens (tertiary/aromatic N) is 2. The summed E-state index contributed by atoms with van der Waals surface area (Å²) in [5.74, 6) is -0.647. The number of hydrogen-bond donors (Lipinski definition) is 1. The van der Waals surface area contributed by atoms with E-state index in [1.54, 1.807) is 55.5 Å². The smallest absolute Gasteiger partial charge is 0.267 e. The number of carbonyl (C=O) groups excluding carboxylic acids is 1. The number of rotatable bonds is 8. The van der Waals surface area contributed by atoms with Gasteiger partial charge in [0.05, 0.1) is 28.9 Å². The fraction of sp³-hybridized carbons (Fsp3) is 0.103. The van der Waals surface area contributed by atoms with Crippen LogP contribution in [0, 0.1) is 6.92 Å². The van der Waals surface area contributed by atoms with Crippen LogP contribution in [0.1, 0.15) is 32.6 Å². The van der Waals surface area contributed by atoms with Crippen molar-refractivity contribution in [2.45, 2.75) is 24.5 Å². The number of benzene rings is 4. The van der Waals surface area contributed by atoms with Gasteiger partial charge in [0.2, 0.25) is 0 Å². The number of amides is 1. The van der Waals surface area contributed by atoms with Crippen molar-refractivity contribution >= 4 is 39.4 Å². The number of sulfonamides is 1. The van der Waals surface area contributed by atoms with Gasteiger partial charge in [0.15, 0.2) is 0 Å². The molecular weight excluding hydrogens is 563 g/mol. The molecule has 206 valence electrons. The van der Waals surface area contributed by atoms with Gasteiger partial charge in [-0.15, -0.1) is 0 Å². The molecule has 1 N–H and O–H groups in total. The van der Waals surface area contributed by atoms with E-state index >= 15 is 0 Å². The lowest BCUT2D eigenvalue weighted by Gasteiger charge is -2.26. The van der Waals surface area contributed by atoms with Gasteiger partial charge in [0.25, 0.3) is 15.9 Å². The Balaban J connectivity index is 1.55. The maximum atomic E-state index is 13.6. The Morgan fingerprint density at radius 2 is 1.60 bits per heavy atom. The van der Waals surface area contributed by atoms with E-state index < -0.39 is 27.7 Å². The molecule has 0 aliphatic rings. The number of nitrogens with one attached hydrogen (secondary N) is 1. The Labute approximate surface area is 234 Å². The van der Waals surface area contributed by atoms with Gasteiger partial charge in [-0.2, -0.15) is 18.3 Å². The lowest BCUT2D eigenvalue weighted by Crippen LogP contribution is -2.31. The number of halogens is 4. The zero-order chi connectivity index (χ0) is 28.9. The van der Waals surface area contributed by atoms with E-state index in [4.69, 9.17) is 11.6 Å². The van der Waals surface area contributed by atoms with Crippen LogP contribution < -0.4 is 9.73 Å². The van der Waals surface area contributed by atoms with Crippen LogP contribution in [0.3, 0.4) is 0 Å². The molecule has 0 radical (unpaired) electrons.